The number of nitrogens with zero attached hydrogens (tertiary/aromatic N) is 3. The van der Waals surface area contributed by atoms with E-state index < -0.39 is 5.97 Å². The van der Waals surface area contributed by atoms with Crippen LogP contribution in [0.4, 0.5) is 11.6 Å². The van der Waals surface area contributed by atoms with Crippen LogP contribution < -0.4 is 5.32 Å². The first kappa shape index (κ1) is 15.8. The Kier molecular flexibility index (Phi) is 3.81. The molecule has 0 atom stereocenters. The Morgan fingerprint density at radius 1 is 1.04 bits per heavy atom. The van der Waals surface area contributed by atoms with Gasteiger partial charge in [0.2, 0.25) is 5.95 Å². The number of H-pyrrole nitrogens is 1. The number of rotatable bonds is 4. The second-order valence-corrected chi connectivity index (χ2v) is 5.90. The van der Waals surface area contributed by atoms with Crippen LogP contribution in [0, 0.1) is 6.92 Å². The van der Waals surface area contributed by atoms with E-state index >= 15 is 0 Å². The highest BCUT2D eigenvalue weighted by Crippen LogP contribution is 2.23. The fourth-order valence-corrected chi connectivity index (χ4v) is 2.69. The number of anilines is 2. The zero-order chi connectivity index (χ0) is 18.1. The van der Waals surface area contributed by atoms with Gasteiger partial charge in [-0.2, -0.15) is 0 Å². The van der Waals surface area contributed by atoms with Crippen LogP contribution in [0.1, 0.15) is 16.1 Å². The molecule has 128 valence electrons. The van der Waals surface area contributed by atoms with Crippen LogP contribution in [0.15, 0.2) is 54.9 Å². The lowest BCUT2D eigenvalue weighted by Gasteiger charge is -2.07. The lowest BCUT2D eigenvalue weighted by Crippen LogP contribution is -1.98. The van der Waals surface area contributed by atoms with E-state index in [1.165, 1.54) is 0 Å². The summed E-state index contributed by atoms with van der Waals surface area (Å²) in [5, 5.41) is 13.0. The molecule has 1 aromatic carbocycles. The molecule has 7 heteroatoms. The molecule has 3 N–H and O–H groups in total. The van der Waals surface area contributed by atoms with Crippen LogP contribution in [-0.4, -0.2) is 31.0 Å². The predicted octanol–water partition coefficient (Wildman–Crippen LogP) is 3.77. The summed E-state index contributed by atoms with van der Waals surface area (Å²) in [5.41, 5.74) is 4.29. The highest BCUT2D eigenvalue weighted by atomic mass is 16.4. The minimum atomic E-state index is -0.989. The van der Waals surface area contributed by atoms with E-state index in [0.29, 0.717) is 5.95 Å². The average molecular weight is 345 g/mol. The number of aromatic nitrogens is 4. The molecule has 0 spiro atoms. The van der Waals surface area contributed by atoms with Gasteiger partial charge in [0.25, 0.3) is 0 Å². The fourth-order valence-electron chi connectivity index (χ4n) is 2.69. The van der Waals surface area contributed by atoms with Crippen LogP contribution in [0.25, 0.3) is 22.3 Å². The van der Waals surface area contributed by atoms with E-state index in [1.54, 1.807) is 24.5 Å². The van der Waals surface area contributed by atoms with Crippen molar-refractivity contribution in [2.75, 3.05) is 5.32 Å². The first-order chi connectivity index (χ1) is 12.6. The topological polar surface area (TPSA) is 104 Å². The van der Waals surface area contributed by atoms with Gasteiger partial charge in [0.15, 0.2) is 0 Å². The second kappa shape index (κ2) is 6.29. The third-order valence-electron chi connectivity index (χ3n) is 3.94. The summed E-state index contributed by atoms with van der Waals surface area (Å²) in [6.45, 7) is 2.00. The summed E-state index contributed by atoms with van der Waals surface area (Å²) in [6, 6.07) is 12.8. The van der Waals surface area contributed by atoms with Crippen LogP contribution in [-0.2, 0) is 0 Å². The third-order valence-corrected chi connectivity index (χ3v) is 3.94. The molecule has 0 aliphatic carbocycles. The van der Waals surface area contributed by atoms with Gasteiger partial charge in [-0.3, -0.25) is 4.98 Å². The number of carboxylic acids is 1. The number of fused-ring (bicyclic) bond motifs is 1. The molecule has 3 heterocycles. The molecule has 3 aromatic heterocycles. The first-order valence-corrected chi connectivity index (χ1v) is 7.98. The maximum Gasteiger partial charge on any atom is 0.352 e. The summed E-state index contributed by atoms with van der Waals surface area (Å²) >= 11 is 0. The van der Waals surface area contributed by atoms with Gasteiger partial charge in [0.05, 0.1) is 11.4 Å². The molecule has 7 nitrogen and oxygen atoms in total. The van der Waals surface area contributed by atoms with Crippen molar-refractivity contribution in [3.05, 3.63) is 66.1 Å². The van der Waals surface area contributed by atoms with Crippen molar-refractivity contribution in [1.29, 1.82) is 0 Å². The van der Waals surface area contributed by atoms with Gasteiger partial charge in [-0.15, -0.1) is 0 Å². The molecule has 0 bridgehead atoms. The number of hydrogen-bond donors (Lipinski definition) is 3. The highest BCUT2D eigenvalue weighted by molar-refractivity contribution is 5.94. The number of benzene rings is 1. The van der Waals surface area contributed by atoms with Gasteiger partial charge in [-0.25, -0.2) is 14.8 Å². The second-order valence-electron chi connectivity index (χ2n) is 5.90. The Morgan fingerprint density at radius 2 is 1.88 bits per heavy atom. The Hall–Kier alpha value is -3.74. The standard InChI is InChI=1S/C19H15N5O2/c1-11-4-6-20-16(8-11)15-5-7-21-19(24-15)22-13-2-3-14-12(9-13)10-17(23-14)18(25)26/h2-10,23H,1H3,(H,25,26)(H,21,22,24). The number of aryl methyl sites for hydroxylation is 1. The molecule has 0 aliphatic heterocycles. The van der Waals surface area contributed by atoms with E-state index in [2.05, 4.69) is 25.3 Å². The van der Waals surface area contributed by atoms with Gasteiger partial charge < -0.3 is 15.4 Å². The lowest BCUT2D eigenvalue weighted by molar-refractivity contribution is 0.0691. The minimum absolute atomic E-state index is 0.154. The van der Waals surface area contributed by atoms with Crippen LogP contribution >= 0.6 is 0 Å². The van der Waals surface area contributed by atoms with Crippen molar-refractivity contribution in [3.8, 4) is 11.4 Å². The van der Waals surface area contributed by atoms with Gasteiger partial charge in [0, 0.05) is 29.0 Å². The normalized spacial score (nSPS) is 10.8. The molecule has 0 amide bonds. The molecule has 4 rings (SSSR count). The van der Waals surface area contributed by atoms with Gasteiger partial charge in [-0.1, -0.05) is 0 Å². The Balaban J connectivity index is 1.64. The Labute approximate surface area is 148 Å². The van der Waals surface area contributed by atoms with Crippen LogP contribution in [0.3, 0.4) is 0 Å². The molecule has 0 fully saturated rings. The van der Waals surface area contributed by atoms with E-state index in [0.717, 1.165) is 33.5 Å². The molecule has 0 unspecified atom stereocenters. The SMILES string of the molecule is Cc1ccnc(-c2ccnc(Nc3ccc4[nH]c(C(=O)O)cc4c3)n2)c1. The van der Waals surface area contributed by atoms with Crippen molar-refractivity contribution in [1.82, 2.24) is 19.9 Å². The van der Waals surface area contributed by atoms with Crippen LogP contribution in [0.2, 0.25) is 0 Å². The minimum Gasteiger partial charge on any atom is -0.477 e. The number of pyridine rings is 1. The smallest absolute Gasteiger partial charge is 0.352 e. The third kappa shape index (κ3) is 3.10. The number of nitrogens with one attached hydrogen (secondary N) is 2. The number of aromatic amines is 1. The van der Waals surface area contributed by atoms with Crippen LogP contribution in [0.5, 0.6) is 0 Å². The largest absolute Gasteiger partial charge is 0.477 e. The summed E-state index contributed by atoms with van der Waals surface area (Å²) in [6.07, 6.45) is 3.42. The Bertz CT molecular complexity index is 1120. The summed E-state index contributed by atoms with van der Waals surface area (Å²) in [5.74, 6) is -0.545. The van der Waals surface area contributed by atoms with E-state index in [4.69, 9.17) is 5.11 Å². The first-order valence-electron chi connectivity index (χ1n) is 7.98. The molecule has 4 aromatic rings. The monoisotopic (exact) mass is 345 g/mol. The van der Waals surface area contributed by atoms with Crippen molar-refractivity contribution >= 4 is 28.5 Å². The quantitative estimate of drug-likeness (QED) is 0.520. The summed E-state index contributed by atoms with van der Waals surface area (Å²) < 4.78 is 0. The van der Waals surface area contributed by atoms with E-state index in [1.807, 2.05) is 37.3 Å². The molecular weight excluding hydrogens is 330 g/mol. The summed E-state index contributed by atoms with van der Waals surface area (Å²) in [4.78, 5) is 27.0. The maximum absolute atomic E-state index is 11.1. The Morgan fingerprint density at radius 3 is 2.69 bits per heavy atom. The number of aromatic carboxylic acids is 1. The van der Waals surface area contributed by atoms with E-state index in [-0.39, 0.29) is 5.69 Å². The average Bonchev–Trinajstić information content (AvgIpc) is 3.06. The molecule has 0 saturated heterocycles. The molecular formula is C19H15N5O2. The van der Waals surface area contributed by atoms with Crippen molar-refractivity contribution in [2.45, 2.75) is 6.92 Å². The van der Waals surface area contributed by atoms with Gasteiger partial charge >= 0.3 is 5.97 Å². The van der Waals surface area contributed by atoms with Crippen molar-refractivity contribution in [2.24, 2.45) is 0 Å². The van der Waals surface area contributed by atoms with Gasteiger partial charge in [-0.05, 0) is 55.0 Å². The number of hydrogen-bond acceptors (Lipinski definition) is 5. The molecule has 0 radical (unpaired) electrons. The maximum atomic E-state index is 11.1. The molecule has 26 heavy (non-hydrogen) atoms. The zero-order valence-corrected chi connectivity index (χ0v) is 13.9. The van der Waals surface area contributed by atoms with Gasteiger partial charge in [0.1, 0.15) is 5.69 Å². The summed E-state index contributed by atoms with van der Waals surface area (Å²) in [7, 11) is 0. The highest BCUT2D eigenvalue weighted by Gasteiger charge is 2.09. The fraction of sp³-hybridized carbons (Fsp3) is 0.0526. The molecule has 0 saturated carbocycles. The van der Waals surface area contributed by atoms with E-state index in [9.17, 15) is 4.79 Å². The zero-order valence-electron chi connectivity index (χ0n) is 13.9. The van der Waals surface area contributed by atoms with Crippen molar-refractivity contribution < 1.29 is 9.90 Å². The predicted molar refractivity (Wildman–Crippen MR) is 98.5 cm³/mol. The van der Waals surface area contributed by atoms with Crippen molar-refractivity contribution in [3.63, 3.8) is 0 Å². The number of carbonyl (C=O) groups is 1. The lowest BCUT2D eigenvalue weighted by atomic mass is 10.2. The number of carboxylic acid groups (broad SMARTS) is 1. The molecule has 0 aliphatic rings.